The Labute approximate surface area is 68.9 Å². The smallest absolute Gasteiger partial charge is 0.148 e. The number of aliphatic hydroxyl groups is 1. The van der Waals surface area contributed by atoms with Gasteiger partial charge in [-0.1, -0.05) is 23.2 Å². The van der Waals surface area contributed by atoms with E-state index in [-0.39, 0.29) is 5.88 Å². The molecule has 1 unspecified atom stereocenters. The van der Waals surface area contributed by atoms with Gasteiger partial charge in [-0.15, -0.1) is 11.6 Å². The van der Waals surface area contributed by atoms with E-state index < -0.39 is 9.93 Å². The lowest BCUT2D eigenvalue weighted by Gasteiger charge is -2.46. The molecule has 0 amide bonds. The molecule has 1 nitrogen and oxygen atoms in total. The number of alkyl halides is 3. The summed E-state index contributed by atoms with van der Waals surface area (Å²) in [5.74, 6) is 0.111. The fourth-order valence-electron chi connectivity index (χ4n) is 0.767. The fraction of sp³-hybridized carbons (Fsp3) is 1.00. The molecular weight excluding hydrogens is 182 g/mol. The Kier molecular flexibility index (Phi) is 1.90. The van der Waals surface area contributed by atoms with Crippen LogP contribution >= 0.6 is 34.8 Å². The largest absolute Gasteiger partial charge is 0.385 e. The van der Waals surface area contributed by atoms with Crippen LogP contribution in [0.2, 0.25) is 0 Å². The molecule has 0 aromatic heterocycles. The summed E-state index contributed by atoms with van der Waals surface area (Å²) in [5, 5.41) is 9.35. The average molecular weight is 189 g/mol. The van der Waals surface area contributed by atoms with Gasteiger partial charge in [-0.2, -0.15) is 0 Å². The van der Waals surface area contributed by atoms with Gasteiger partial charge in [0.05, 0.1) is 5.88 Å². The molecule has 0 aromatic rings. The number of hydrogen-bond acceptors (Lipinski definition) is 1. The second-order valence-corrected chi connectivity index (χ2v) is 4.12. The van der Waals surface area contributed by atoms with Crippen LogP contribution in [-0.2, 0) is 0 Å². The lowest BCUT2D eigenvalue weighted by Crippen LogP contribution is -2.57. The van der Waals surface area contributed by atoms with Crippen LogP contribution in [0.25, 0.3) is 0 Å². The molecule has 0 aromatic carbocycles. The van der Waals surface area contributed by atoms with Gasteiger partial charge >= 0.3 is 0 Å². The summed E-state index contributed by atoms with van der Waals surface area (Å²) in [5.41, 5.74) is -1.04. The highest BCUT2D eigenvalue weighted by Gasteiger charge is 2.55. The Balaban J connectivity index is 2.62. The minimum atomic E-state index is -1.04. The second kappa shape index (κ2) is 2.16. The van der Waals surface area contributed by atoms with Crippen LogP contribution in [0, 0.1) is 0 Å². The normalized spacial score (nSPS) is 40.0. The maximum Gasteiger partial charge on any atom is 0.148 e. The standard InChI is InChI=1S/C5H7Cl3O/c6-3-4(9)1-2-5(4,7)8/h9H,1-3H2. The molecule has 1 atom stereocenters. The van der Waals surface area contributed by atoms with E-state index >= 15 is 0 Å². The van der Waals surface area contributed by atoms with E-state index in [1.807, 2.05) is 0 Å². The van der Waals surface area contributed by atoms with Crippen LogP contribution in [0.1, 0.15) is 12.8 Å². The van der Waals surface area contributed by atoms with Gasteiger partial charge in [0.1, 0.15) is 9.93 Å². The SMILES string of the molecule is OC1(CCl)CCC1(Cl)Cl. The van der Waals surface area contributed by atoms with Crippen LogP contribution in [0.15, 0.2) is 0 Å². The lowest BCUT2D eigenvalue weighted by atomic mass is 9.80. The van der Waals surface area contributed by atoms with E-state index in [1.54, 1.807) is 0 Å². The molecule has 1 N–H and O–H groups in total. The number of rotatable bonds is 1. The minimum Gasteiger partial charge on any atom is -0.385 e. The Morgan fingerprint density at radius 2 is 1.89 bits per heavy atom. The third kappa shape index (κ3) is 1.05. The highest BCUT2D eigenvalue weighted by molar-refractivity contribution is 6.50. The molecule has 0 saturated heterocycles. The molecule has 0 aliphatic heterocycles. The van der Waals surface area contributed by atoms with E-state index in [2.05, 4.69) is 0 Å². The molecule has 4 heteroatoms. The Morgan fingerprint density at radius 3 is 1.89 bits per heavy atom. The fourth-order valence-corrected chi connectivity index (χ4v) is 1.78. The molecule has 9 heavy (non-hydrogen) atoms. The third-order valence-electron chi connectivity index (χ3n) is 1.75. The first-order chi connectivity index (χ1) is 4.02. The summed E-state index contributed by atoms with van der Waals surface area (Å²) in [6.07, 6.45) is 1.23. The maximum absolute atomic E-state index is 9.35. The first kappa shape index (κ1) is 7.93. The molecule has 0 radical (unpaired) electrons. The summed E-state index contributed by atoms with van der Waals surface area (Å²) in [7, 11) is 0. The Hall–Kier alpha value is 0.830. The molecule has 0 spiro atoms. The van der Waals surface area contributed by atoms with Crippen molar-refractivity contribution in [2.24, 2.45) is 0 Å². The van der Waals surface area contributed by atoms with E-state index in [1.165, 1.54) is 0 Å². The summed E-state index contributed by atoms with van der Waals surface area (Å²) in [6.45, 7) is 0. The molecule has 1 aliphatic carbocycles. The van der Waals surface area contributed by atoms with Crippen molar-refractivity contribution in [2.45, 2.75) is 22.8 Å². The number of halogens is 3. The molecule has 0 heterocycles. The van der Waals surface area contributed by atoms with Crippen LogP contribution in [0.3, 0.4) is 0 Å². The van der Waals surface area contributed by atoms with Crippen LogP contribution < -0.4 is 0 Å². The van der Waals surface area contributed by atoms with Crippen LogP contribution in [0.4, 0.5) is 0 Å². The zero-order chi connectivity index (χ0) is 7.12. The molecule has 1 rings (SSSR count). The Morgan fingerprint density at radius 1 is 1.33 bits per heavy atom. The third-order valence-corrected chi connectivity index (χ3v) is 3.28. The lowest BCUT2D eigenvalue weighted by molar-refractivity contribution is -0.0227. The van der Waals surface area contributed by atoms with Crippen molar-refractivity contribution in [3.05, 3.63) is 0 Å². The quantitative estimate of drug-likeness (QED) is 0.625. The van der Waals surface area contributed by atoms with E-state index in [0.29, 0.717) is 12.8 Å². The zero-order valence-electron chi connectivity index (χ0n) is 4.70. The summed E-state index contributed by atoms with van der Waals surface area (Å²) in [4.78, 5) is 0. The zero-order valence-corrected chi connectivity index (χ0v) is 6.97. The Bertz CT molecular complexity index is 121. The monoisotopic (exact) mass is 188 g/mol. The topological polar surface area (TPSA) is 20.2 Å². The predicted octanol–water partition coefficient (Wildman–Crippen LogP) is 1.92. The molecule has 54 valence electrons. The summed E-state index contributed by atoms with van der Waals surface area (Å²) in [6, 6.07) is 0. The van der Waals surface area contributed by atoms with Gasteiger partial charge in [-0.05, 0) is 12.8 Å². The molecule has 1 saturated carbocycles. The maximum atomic E-state index is 9.35. The van der Waals surface area contributed by atoms with Gasteiger partial charge in [0.15, 0.2) is 0 Å². The summed E-state index contributed by atoms with van der Waals surface area (Å²) >= 11 is 16.7. The first-order valence-electron chi connectivity index (χ1n) is 2.68. The van der Waals surface area contributed by atoms with E-state index in [9.17, 15) is 5.11 Å². The highest BCUT2D eigenvalue weighted by Crippen LogP contribution is 2.51. The highest BCUT2D eigenvalue weighted by atomic mass is 35.5. The molecule has 1 aliphatic rings. The van der Waals surface area contributed by atoms with E-state index in [4.69, 9.17) is 34.8 Å². The van der Waals surface area contributed by atoms with Crippen molar-refractivity contribution in [1.29, 1.82) is 0 Å². The molecule has 1 fully saturated rings. The number of hydrogen-bond donors (Lipinski definition) is 1. The van der Waals surface area contributed by atoms with Gasteiger partial charge in [-0.25, -0.2) is 0 Å². The second-order valence-electron chi connectivity index (χ2n) is 2.37. The molecular formula is C5H7Cl3O. The van der Waals surface area contributed by atoms with Crippen molar-refractivity contribution in [3.63, 3.8) is 0 Å². The van der Waals surface area contributed by atoms with Gasteiger partial charge in [0.2, 0.25) is 0 Å². The first-order valence-corrected chi connectivity index (χ1v) is 3.97. The van der Waals surface area contributed by atoms with Gasteiger partial charge in [-0.3, -0.25) is 0 Å². The molecule has 0 bridgehead atoms. The van der Waals surface area contributed by atoms with Crippen LogP contribution in [-0.4, -0.2) is 20.9 Å². The average Bonchev–Trinajstić information content (AvgIpc) is 1.84. The van der Waals surface area contributed by atoms with Crippen LogP contribution in [0.5, 0.6) is 0 Å². The minimum absolute atomic E-state index is 0.111. The van der Waals surface area contributed by atoms with Gasteiger partial charge in [0.25, 0.3) is 0 Å². The summed E-state index contributed by atoms with van der Waals surface area (Å²) < 4.78 is -1.01. The van der Waals surface area contributed by atoms with Crippen molar-refractivity contribution < 1.29 is 5.11 Å². The van der Waals surface area contributed by atoms with E-state index in [0.717, 1.165) is 0 Å². The van der Waals surface area contributed by atoms with Gasteiger partial charge < -0.3 is 5.11 Å². The van der Waals surface area contributed by atoms with Crippen molar-refractivity contribution in [1.82, 2.24) is 0 Å². The van der Waals surface area contributed by atoms with Gasteiger partial charge in [0, 0.05) is 0 Å². The predicted molar refractivity (Wildman–Crippen MR) is 39.3 cm³/mol. The van der Waals surface area contributed by atoms with Crippen molar-refractivity contribution in [2.75, 3.05) is 5.88 Å². The van der Waals surface area contributed by atoms with Crippen molar-refractivity contribution >= 4 is 34.8 Å². The van der Waals surface area contributed by atoms with Crippen molar-refractivity contribution in [3.8, 4) is 0 Å².